The van der Waals surface area contributed by atoms with Gasteiger partial charge < -0.3 is 10.2 Å². The molecule has 0 fully saturated rings. The summed E-state index contributed by atoms with van der Waals surface area (Å²) in [4.78, 5) is 22.2. The normalized spacial score (nSPS) is 10.8. The topological polar surface area (TPSA) is 74.6 Å². The quantitative estimate of drug-likeness (QED) is 0.358. The van der Waals surface area contributed by atoms with Crippen LogP contribution in [0.2, 0.25) is 0 Å². The number of hydrogen-bond donors (Lipinski definition) is 2. The minimum atomic E-state index is -1.08. The van der Waals surface area contributed by atoms with Gasteiger partial charge in [-0.05, 0) is 36.6 Å². The predicted molar refractivity (Wildman–Crippen MR) is 105 cm³/mol. The smallest absolute Gasteiger partial charge is 0.335 e. The summed E-state index contributed by atoms with van der Waals surface area (Å²) < 4.78 is 0. The van der Waals surface area contributed by atoms with Crippen molar-refractivity contribution in [3.8, 4) is 0 Å². The van der Waals surface area contributed by atoms with E-state index in [9.17, 15) is 9.59 Å². The summed E-state index contributed by atoms with van der Waals surface area (Å²) in [5.74, 6) is -2.16. The first-order valence-electron chi connectivity index (χ1n) is 10.1. The molecule has 0 saturated carbocycles. The Morgan fingerprint density at radius 2 is 1.04 bits per heavy atom. The van der Waals surface area contributed by atoms with E-state index >= 15 is 0 Å². The highest BCUT2D eigenvalue weighted by Gasteiger charge is 2.11. The molecule has 0 radical (unpaired) electrons. The van der Waals surface area contributed by atoms with Crippen molar-refractivity contribution in [2.75, 3.05) is 0 Å². The number of benzene rings is 1. The van der Waals surface area contributed by atoms with Gasteiger partial charge in [-0.2, -0.15) is 0 Å². The van der Waals surface area contributed by atoms with Crippen LogP contribution in [0.1, 0.15) is 110 Å². The van der Waals surface area contributed by atoms with Crippen molar-refractivity contribution >= 4 is 11.9 Å². The van der Waals surface area contributed by atoms with Crippen LogP contribution in [-0.2, 0) is 6.42 Å². The molecule has 0 saturated heterocycles. The Hall–Kier alpha value is -1.84. The van der Waals surface area contributed by atoms with Gasteiger partial charge >= 0.3 is 11.9 Å². The lowest BCUT2D eigenvalue weighted by molar-refractivity contribution is 0.0696. The van der Waals surface area contributed by atoms with Crippen molar-refractivity contribution in [3.05, 3.63) is 34.9 Å². The summed E-state index contributed by atoms with van der Waals surface area (Å²) in [5.41, 5.74) is 0.909. The van der Waals surface area contributed by atoms with Crippen LogP contribution in [0, 0.1) is 0 Å². The third kappa shape index (κ3) is 9.59. The largest absolute Gasteiger partial charge is 0.478 e. The summed E-state index contributed by atoms with van der Waals surface area (Å²) in [6, 6.07) is 4.40. The SMILES string of the molecule is CCCCCCCCCCCCCCc1cc(C(=O)O)cc(C(=O)O)c1. The maximum Gasteiger partial charge on any atom is 0.335 e. The lowest BCUT2D eigenvalue weighted by Gasteiger charge is -2.06. The molecule has 26 heavy (non-hydrogen) atoms. The molecule has 0 heterocycles. The van der Waals surface area contributed by atoms with E-state index in [2.05, 4.69) is 6.92 Å². The maximum atomic E-state index is 11.1. The first-order valence-corrected chi connectivity index (χ1v) is 10.1. The van der Waals surface area contributed by atoms with Crippen LogP contribution in [0.25, 0.3) is 0 Å². The molecule has 1 aromatic carbocycles. The lowest BCUT2D eigenvalue weighted by Crippen LogP contribution is -2.04. The van der Waals surface area contributed by atoms with E-state index in [-0.39, 0.29) is 11.1 Å². The fourth-order valence-electron chi connectivity index (χ4n) is 3.25. The van der Waals surface area contributed by atoms with Crippen molar-refractivity contribution in [1.29, 1.82) is 0 Å². The molecule has 0 aliphatic rings. The van der Waals surface area contributed by atoms with Gasteiger partial charge in [0, 0.05) is 0 Å². The molecule has 146 valence electrons. The molecular weight excluding hydrogens is 328 g/mol. The lowest BCUT2D eigenvalue weighted by atomic mass is 10.00. The number of carboxylic acids is 2. The summed E-state index contributed by atoms with van der Waals surface area (Å²) in [6.07, 6.45) is 16.0. The number of carboxylic acid groups (broad SMARTS) is 2. The average molecular weight is 363 g/mol. The van der Waals surface area contributed by atoms with Crippen LogP contribution in [0.5, 0.6) is 0 Å². The van der Waals surface area contributed by atoms with Crippen LogP contribution in [-0.4, -0.2) is 22.2 Å². The van der Waals surface area contributed by atoms with Crippen molar-refractivity contribution in [2.24, 2.45) is 0 Å². The summed E-state index contributed by atoms with van der Waals surface area (Å²) >= 11 is 0. The minimum absolute atomic E-state index is 0.0545. The second-order valence-corrected chi connectivity index (χ2v) is 7.17. The molecule has 0 amide bonds. The molecule has 0 spiro atoms. The zero-order chi connectivity index (χ0) is 19.2. The van der Waals surface area contributed by atoms with Gasteiger partial charge in [-0.3, -0.25) is 0 Å². The third-order valence-electron chi connectivity index (χ3n) is 4.81. The zero-order valence-corrected chi connectivity index (χ0v) is 16.1. The zero-order valence-electron chi connectivity index (χ0n) is 16.1. The van der Waals surface area contributed by atoms with Gasteiger partial charge in [-0.15, -0.1) is 0 Å². The fraction of sp³-hybridized carbons (Fsp3) is 0.636. The highest BCUT2D eigenvalue weighted by atomic mass is 16.4. The van der Waals surface area contributed by atoms with Gasteiger partial charge in [0.05, 0.1) is 11.1 Å². The van der Waals surface area contributed by atoms with Crippen molar-refractivity contribution < 1.29 is 19.8 Å². The van der Waals surface area contributed by atoms with E-state index in [0.29, 0.717) is 0 Å². The van der Waals surface area contributed by atoms with E-state index in [0.717, 1.165) is 24.8 Å². The van der Waals surface area contributed by atoms with Gasteiger partial charge in [0.25, 0.3) is 0 Å². The molecule has 4 nitrogen and oxygen atoms in total. The number of aryl methyl sites for hydroxylation is 1. The predicted octanol–water partition coefficient (Wildman–Crippen LogP) is 6.33. The van der Waals surface area contributed by atoms with E-state index in [1.165, 1.54) is 70.3 Å². The second kappa shape index (κ2) is 13.4. The maximum absolute atomic E-state index is 11.1. The molecule has 0 unspecified atom stereocenters. The van der Waals surface area contributed by atoms with Crippen LogP contribution >= 0.6 is 0 Å². The van der Waals surface area contributed by atoms with E-state index in [1.807, 2.05) is 0 Å². The molecule has 0 bridgehead atoms. The summed E-state index contributed by atoms with van der Waals surface area (Å²) in [6.45, 7) is 2.24. The van der Waals surface area contributed by atoms with Gasteiger partial charge in [0.1, 0.15) is 0 Å². The molecule has 4 heteroatoms. The van der Waals surface area contributed by atoms with Crippen LogP contribution in [0.15, 0.2) is 18.2 Å². The molecule has 0 aliphatic carbocycles. The first kappa shape index (κ1) is 22.2. The Balaban J connectivity index is 2.16. The van der Waals surface area contributed by atoms with Crippen LogP contribution in [0.4, 0.5) is 0 Å². The summed E-state index contributed by atoms with van der Waals surface area (Å²) in [5, 5.41) is 18.2. The van der Waals surface area contributed by atoms with Gasteiger partial charge in [0.15, 0.2) is 0 Å². The number of carbonyl (C=O) groups is 2. The first-order chi connectivity index (χ1) is 12.5. The number of unbranched alkanes of at least 4 members (excludes halogenated alkanes) is 11. The Morgan fingerprint density at radius 1 is 0.654 bits per heavy atom. The van der Waals surface area contributed by atoms with Crippen molar-refractivity contribution in [2.45, 2.75) is 90.4 Å². The molecule has 1 rings (SSSR count). The summed E-state index contributed by atoms with van der Waals surface area (Å²) in [7, 11) is 0. The van der Waals surface area contributed by atoms with Gasteiger partial charge in [-0.1, -0.05) is 77.6 Å². The van der Waals surface area contributed by atoms with Crippen LogP contribution in [0.3, 0.4) is 0 Å². The molecule has 1 aromatic rings. The van der Waals surface area contributed by atoms with Crippen molar-refractivity contribution in [3.63, 3.8) is 0 Å². The number of rotatable bonds is 15. The van der Waals surface area contributed by atoms with Gasteiger partial charge in [0.2, 0.25) is 0 Å². The van der Waals surface area contributed by atoms with E-state index < -0.39 is 11.9 Å². The number of aromatic carboxylic acids is 2. The highest BCUT2D eigenvalue weighted by molar-refractivity contribution is 5.94. The standard InChI is InChI=1S/C22H34O4/c1-2-3-4-5-6-7-8-9-10-11-12-13-14-18-15-19(21(23)24)17-20(16-18)22(25)26/h15-17H,2-14H2,1H3,(H,23,24)(H,25,26). The molecule has 0 atom stereocenters. The minimum Gasteiger partial charge on any atom is -0.478 e. The molecule has 2 N–H and O–H groups in total. The highest BCUT2D eigenvalue weighted by Crippen LogP contribution is 2.16. The Morgan fingerprint density at radius 3 is 1.42 bits per heavy atom. The van der Waals surface area contributed by atoms with Crippen molar-refractivity contribution in [1.82, 2.24) is 0 Å². The van der Waals surface area contributed by atoms with E-state index in [4.69, 9.17) is 10.2 Å². The van der Waals surface area contributed by atoms with Crippen LogP contribution < -0.4 is 0 Å². The average Bonchev–Trinajstić information content (AvgIpc) is 2.62. The second-order valence-electron chi connectivity index (χ2n) is 7.17. The van der Waals surface area contributed by atoms with Gasteiger partial charge in [-0.25, -0.2) is 9.59 Å². The Labute approximate surface area is 157 Å². The number of hydrogen-bond acceptors (Lipinski definition) is 2. The fourth-order valence-corrected chi connectivity index (χ4v) is 3.25. The third-order valence-corrected chi connectivity index (χ3v) is 4.81. The molecular formula is C22H34O4. The molecule has 0 aromatic heterocycles. The monoisotopic (exact) mass is 362 g/mol. The Bertz CT molecular complexity index is 519. The molecule has 0 aliphatic heterocycles. The van der Waals surface area contributed by atoms with E-state index in [1.54, 1.807) is 12.1 Å². The Kier molecular flexibility index (Phi) is 11.4.